The molecule has 1 N–H and O–H groups in total. The molecule has 5 heteroatoms. The van der Waals surface area contributed by atoms with Gasteiger partial charge < -0.3 is 30.5 Å². The topological polar surface area (TPSA) is 23.8 Å². The molecular weight excluding hydrogens is 341 g/mol. The fraction of sp³-hybridized carbons (Fsp3) is 0.400. The first-order chi connectivity index (χ1) is 8.20. The average molecular weight is 364 g/mol. The number of benzene rings is 1. The molecule has 0 bridgehead atoms. The summed E-state index contributed by atoms with van der Waals surface area (Å²) >= 11 is 2.27. The maximum atomic E-state index is 6.94. The van der Waals surface area contributed by atoms with Crippen LogP contribution in [0, 0.1) is 0 Å². The molecule has 0 saturated heterocycles. The largest absolute Gasteiger partial charge is 1.00 e. The molecule has 0 aliphatic rings. The van der Waals surface area contributed by atoms with Gasteiger partial charge in [0.2, 0.25) is 0 Å². The third kappa shape index (κ3) is 18.3. The number of hydrogen-bond donors (Lipinski definition) is 0. The van der Waals surface area contributed by atoms with Gasteiger partial charge in [-0.3, -0.25) is 0 Å². The predicted octanol–water partition coefficient (Wildman–Crippen LogP) is -0.812. The third-order valence-corrected chi connectivity index (χ3v) is 1.55. The minimum absolute atomic E-state index is 0. The molecule has 0 aliphatic carbocycles. The molecule has 0 amide bonds. The van der Waals surface area contributed by atoms with Crippen molar-refractivity contribution in [2.24, 2.45) is 0 Å². The molecule has 0 aliphatic heterocycles. The number of hydrogen-bond acceptors (Lipinski definition) is 0. The Morgan fingerprint density at radius 3 is 1.85 bits per heavy atom. The van der Waals surface area contributed by atoms with E-state index in [1.54, 1.807) is 0 Å². The number of fused-ring (bicyclic) bond motifs is 1. The van der Waals surface area contributed by atoms with E-state index in [9.17, 15) is 0 Å². The second kappa shape index (κ2) is 13.0. The summed E-state index contributed by atoms with van der Waals surface area (Å²) in [5.41, 5.74) is 6.69. The molecule has 1 nitrogen and oxygen atoms in total. The summed E-state index contributed by atoms with van der Waals surface area (Å²) < 4.78 is 0. The van der Waals surface area contributed by atoms with Crippen LogP contribution >= 0.6 is 0 Å². The van der Waals surface area contributed by atoms with Crippen molar-refractivity contribution in [1.29, 1.82) is 0 Å². The summed E-state index contributed by atoms with van der Waals surface area (Å²) in [5, 5.41) is 2.66. The second-order valence-electron chi connectivity index (χ2n) is 5.40. The molecule has 0 aromatic heterocycles. The van der Waals surface area contributed by atoms with Crippen molar-refractivity contribution in [3.8, 4) is 0 Å². The van der Waals surface area contributed by atoms with Crippen molar-refractivity contribution < 1.29 is 44.0 Å². The van der Waals surface area contributed by atoms with Gasteiger partial charge in [0.05, 0.1) is 0 Å². The molecule has 0 saturated carbocycles. The fourth-order valence-corrected chi connectivity index (χ4v) is 1.07. The molecule has 2 rings (SSSR count). The first-order valence-electron chi connectivity index (χ1n) is 6.07. The van der Waals surface area contributed by atoms with Gasteiger partial charge in [-0.15, -0.1) is 35.2 Å². The van der Waals surface area contributed by atoms with E-state index >= 15 is 0 Å². The first kappa shape index (κ1) is 25.3. The maximum absolute atomic E-state index is 6.94. The number of nitrogens with one attached hydrogen (secondary N) is 1. The molecule has 0 unspecified atom stereocenters. The smallest absolute Gasteiger partial charge is 0.0809 e. The Bertz CT molecular complexity index is 438. The van der Waals surface area contributed by atoms with E-state index in [4.69, 9.17) is 5.73 Å². The van der Waals surface area contributed by atoms with Crippen molar-refractivity contribution >= 4 is 17.0 Å². The van der Waals surface area contributed by atoms with Crippen LogP contribution in [0.15, 0.2) is 42.5 Å². The molecule has 2 aromatic carbocycles. The average Bonchev–Trinajstić information content (AvgIpc) is 2.61. The molecule has 0 radical (unpaired) electrons. The van der Waals surface area contributed by atoms with Crippen LogP contribution < -0.4 is 24.8 Å². The van der Waals surface area contributed by atoms with E-state index < -0.39 is 0 Å². The Morgan fingerprint density at radius 1 is 1.05 bits per heavy atom. The summed E-state index contributed by atoms with van der Waals surface area (Å²) in [6, 6.07) is 14.7. The van der Waals surface area contributed by atoms with Gasteiger partial charge in [-0.05, 0) is 0 Å². The zero-order valence-electron chi connectivity index (χ0n) is 12.8. The monoisotopic (exact) mass is 363 g/mol. The fourth-order valence-electron chi connectivity index (χ4n) is 1.07. The van der Waals surface area contributed by atoms with E-state index in [0.717, 1.165) is 0 Å². The molecule has 20 heavy (non-hydrogen) atoms. The molecule has 112 valence electrons. The van der Waals surface area contributed by atoms with Crippen LogP contribution in [0.5, 0.6) is 0 Å². The van der Waals surface area contributed by atoms with Crippen molar-refractivity contribution in [1.82, 2.24) is 0 Å². The molecule has 0 fully saturated rings. The minimum Gasteiger partial charge on any atom is -1.00 e. The summed E-state index contributed by atoms with van der Waals surface area (Å²) in [4.78, 5) is 0. The van der Waals surface area contributed by atoms with E-state index in [1.807, 2.05) is 20.8 Å². The molecular formula is C15H23Cl2NSiTi-2. The van der Waals surface area contributed by atoms with Gasteiger partial charge in [-0.25, -0.2) is 0 Å². The van der Waals surface area contributed by atoms with Crippen LogP contribution in [-0.4, -0.2) is 11.7 Å². The third-order valence-electron chi connectivity index (χ3n) is 1.55. The van der Waals surface area contributed by atoms with Gasteiger partial charge >= 0.3 is 38.5 Å². The number of halogens is 2. The van der Waals surface area contributed by atoms with Crippen LogP contribution in [0.1, 0.15) is 20.8 Å². The Labute approximate surface area is 148 Å². The van der Waals surface area contributed by atoms with Gasteiger partial charge in [0.1, 0.15) is 0 Å². The van der Waals surface area contributed by atoms with Gasteiger partial charge in [0.15, 0.2) is 0 Å². The first-order valence-corrected chi connectivity index (χ1v) is 10.9. The van der Waals surface area contributed by atoms with Crippen LogP contribution in [-0.2, 0) is 19.2 Å². The van der Waals surface area contributed by atoms with Crippen molar-refractivity contribution in [3.63, 3.8) is 0 Å². The minimum atomic E-state index is -0.250. The van der Waals surface area contributed by atoms with Crippen LogP contribution in [0.25, 0.3) is 16.5 Å². The Hall–Kier alpha value is 0.301. The van der Waals surface area contributed by atoms with E-state index in [2.05, 4.69) is 74.7 Å². The molecule has 0 heterocycles. The zero-order chi connectivity index (χ0) is 14.2. The summed E-state index contributed by atoms with van der Waals surface area (Å²) in [6.45, 7) is 10.1. The molecule has 2 aromatic rings. The molecule has 0 spiro atoms. The Kier molecular flexibility index (Phi) is 16.4. The standard InChI is InChI=1S/C9H7.C4H10N.C2H6Si.2ClH.Ti/c1-2-5-9-7-3-6-8(9)4-1;1-4(2,3)5;1-3-2;;;/h1-7H;5H,1-3H3;1-2H3;2*1H;/q2*-1;;;;+2/p-2. The Balaban J connectivity index is -0.000000232. The number of rotatable bonds is 0. The van der Waals surface area contributed by atoms with Gasteiger partial charge in [-0.1, -0.05) is 26.8 Å². The zero-order valence-corrected chi connectivity index (χ0v) is 16.9. The normalized spacial score (nSPS) is 9.00. The summed E-state index contributed by atoms with van der Waals surface area (Å²) in [7, 11) is 0. The quantitative estimate of drug-likeness (QED) is 0.432. The van der Waals surface area contributed by atoms with E-state index in [-0.39, 0.29) is 36.5 Å². The van der Waals surface area contributed by atoms with Gasteiger partial charge in [-0.2, -0.15) is 17.5 Å². The van der Waals surface area contributed by atoms with Crippen LogP contribution in [0.2, 0.25) is 13.1 Å². The SMILES string of the molecule is CC(C)(C)[NH-].C[Si](C)=[Ti+2].[Cl-].[Cl-].c1ccc2[cH-]ccc2c1. The summed E-state index contributed by atoms with van der Waals surface area (Å²) in [5.74, 6) is 0. The van der Waals surface area contributed by atoms with Crippen molar-refractivity contribution in [2.75, 3.05) is 0 Å². The maximum Gasteiger partial charge on any atom is -0.0809 e. The molecule has 0 atom stereocenters. The summed E-state index contributed by atoms with van der Waals surface area (Å²) in [6.07, 6.45) is 0.120. The van der Waals surface area contributed by atoms with Crippen LogP contribution in [0.3, 0.4) is 0 Å². The van der Waals surface area contributed by atoms with Gasteiger partial charge in [0.25, 0.3) is 0 Å². The van der Waals surface area contributed by atoms with Crippen LogP contribution in [0.4, 0.5) is 0 Å². The van der Waals surface area contributed by atoms with Gasteiger partial charge in [0, 0.05) is 0 Å². The second-order valence-corrected chi connectivity index (χ2v) is 12.1. The van der Waals surface area contributed by atoms with E-state index in [1.165, 1.54) is 10.8 Å². The van der Waals surface area contributed by atoms with Crippen molar-refractivity contribution in [3.05, 3.63) is 48.2 Å². The Morgan fingerprint density at radius 2 is 1.45 bits per heavy atom. The predicted molar refractivity (Wildman–Crippen MR) is 81.1 cm³/mol. The van der Waals surface area contributed by atoms with E-state index in [0.29, 0.717) is 0 Å². The van der Waals surface area contributed by atoms with Crippen molar-refractivity contribution in [2.45, 2.75) is 39.4 Å².